The number of benzene rings is 1. The Morgan fingerprint density at radius 2 is 1.92 bits per heavy atom. The molecule has 4 rings (SSSR count). The van der Waals surface area contributed by atoms with E-state index in [0.717, 1.165) is 6.08 Å². The van der Waals surface area contributed by atoms with Crippen LogP contribution in [0.15, 0.2) is 72.2 Å². The van der Waals surface area contributed by atoms with Crippen molar-refractivity contribution in [1.29, 1.82) is 0 Å². The molecule has 2 unspecified atom stereocenters. The molecule has 8 heteroatoms. The Hall–Kier alpha value is -3.55. The second-order valence-electron chi connectivity index (χ2n) is 6.09. The summed E-state index contributed by atoms with van der Waals surface area (Å²) in [5.41, 5.74) is -0.468. The van der Waals surface area contributed by atoms with Crippen LogP contribution in [0.1, 0.15) is 17.2 Å². The van der Waals surface area contributed by atoms with E-state index in [1.807, 2.05) is 12.2 Å². The summed E-state index contributed by atoms with van der Waals surface area (Å²) in [4.78, 5) is 22.2. The van der Waals surface area contributed by atoms with E-state index >= 15 is 0 Å². The number of hydrogen-bond donors (Lipinski definition) is 0. The third-order valence-electron chi connectivity index (χ3n) is 4.80. The third-order valence-corrected chi connectivity index (χ3v) is 4.80. The van der Waals surface area contributed by atoms with E-state index in [4.69, 9.17) is 4.74 Å². The highest BCUT2D eigenvalue weighted by molar-refractivity contribution is 6.05. The van der Waals surface area contributed by atoms with Gasteiger partial charge in [-0.05, 0) is 12.1 Å². The molecule has 0 amide bonds. The van der Waals surface area contributed by atoms with Gasteiger partial charge >= 0.3 is 11.4 Å². The van der Waals surface area contributed by atoms with Crippen LogP contribution in [-0.4, -0.2) is 27.2 Å². The molecular formula is C18H14N3O5+. The van der Waals surface area contributed by atoms with Crippen molar-refractivity contribution >= 4 is 5.71 Å². The second-order valence-corrected chi connectivity index (χ2v) is 6.09. The van der Waals surface area contributed by atoms with Gasteiger partial charge in [-0.2, -0.15) is 4.58 Å². The summed E-state index contributed by atoms with van der Waals surface area (Å²) in [6.07, 6.45) is 10.00. The lowest BCUT2D eigenvalue weighted by Crippen LogP contribution is -2.45. The minimum Gasteiger partial charge on any atom is -0.413 e. The molecule has 8 nitrogen and oxygen atoms in total. The van der Waals surface area contributed by atoms with Gasteiger partial charge in [0.15, 0.2) is 5.76 Å². The molecule has 0 saturated carbocycles. The maximum Gasteiger partial charge on any atom is 0.427 e. The van der Waals surface area contributed by atoms with Crippen molar-refractivity contribution in [3.8, 4) is 0 Å². The molecule has 0 N–H and O–H groups in total. The Balaban J connectivity index is 2.06. The van der Waals surface area contributed by atoms with Crippen molar-refractivity contribution in [2.45, 2.75) is 11.8 Å². The Labute approximate surface area is 148 Å². The molecule has 1 spiro atoms. The predicted molar refractivity (Wildman–Crippen MR) is 91.6 cm³/mol. The zero-order chi connectivity index (χ0) is 18.5. The zero-order valence-electron chi connectivity index (χ0n) is 13.7. The Morgan fingerprint density at radius 3 is 2.65 bits per heavy atom. The van der Waals surface area contributed by atoms with Gasteiger partial charge < -0.3 is 4.74 Å². The first-order valence-corrected chi connectivity index (χ1v) is 7.91. The van der Waals surface area contributed by atoms with Gasteiger partial charge in [0, 0.05) is 16.6 Å². The number of hydrogen-bond acceptors (Lipinski definition) is 5. The molecule has 1 aliphatic heterocycles. The first-order chi connectivity index (χ1) is 12.5. The average molecular weight is 352 g/mol. The fourth-order valence-electron chi connectivity index (χ4n) is 3.65. The first-order valence-electron chi connectivity index (χ1n) is 7.91. The highest BCUT2D eigenvalue weighted by Gasteiger charge is 2.66. The summed E-state index contributed by atoms with van der Waals surface area (Å²) < 4.78 is 7.79. The van der Waals surface area contributed by atoms with Gasteiger partial charge in [-0.15, -0.1) is 0 Å². The molecule has 1 heterocycles. The van der Waals surface area contributed by atoms with Crippen LogP contribution < -0.4 is 0 Å². The van der Waals surface area contributed by atoms with Crippen molar-refractivity contribution in [2.75, 3.05) is 7.05 Å². The van der Waals surface area contributed by atoms with Gasteiger partial charge in [-0.1, -0.05) is 36.4 Å². The van der Waals surface area contributed by atoms with Crippen LogP contribution in [0, 0.1) is 20.2 Å². The summed E-state index contributed by atoms with van der Waals surface area (Å²) in [7, 11) is 1.69. The smallest absolute Gasteiger partial charge is 0.413 e. The summed E-state index contributed by atoms with van der Waals surface area (Å²) in [6.45, 7) is 0. The summed E-state index contributed by atoms with van der Waals surface area (Å²) in [6, 6.07) is 5.33. The number of likely N-dealkylation sites (N-methyl/N-ethyl adjacent to an activating group) is 1. The number of nitro groups is 2. The van der Waals surface area contributed by atoms with Crippen molar-refractivity contribution < 1.29 is 19.2 Å². The fourth-order valence-corrected chi connectivity index (χ4v) is 3.65. The van der Waals surface area contributed by atoms with Crippen LogP contribution in [0.4, 0.5) is 0 Å². The van der Waals surface area contributed by atoms with Crippen LogP contribution in [-0.2, 0) is 10.5 Å². The van der Waals surface area contributed by atoms with E-state index in [9.17, 15) is 20.2 Å². The highest BCUT2D eigenvalue weighted by atomic mass is 16.6. The molecule has 0 fully saturated rings. The monoisotopic (exact) mass is 352 g/mol. The maximum absolute atomic E-state index is 11.9. The Bertz CT molecular complexity index is 1000. The van der Waals surface area contributed by atoms with Crippen LogP contribution >= 0.6 is 0 Å². The maximum atomic E-state index is 11.9. The van der Waals surface area contributed by atoms with E-state index in [2.05, 4.69) is 0 Å². The Kier molecular flexibility index (Phi) is 3.36. The average Bonchev–Trinajstić information content (AvgIpc) is 2.77. The molecule has 1 aromatic carbocycles. The van der Waals surface area contributed by atoms with Gasteiger partial charge in [-0.3, -0.25) is 20.2 Å². The lowest BCUT2D eigenvalue weighted by molar-refractivity contribution is -0.654. The van der Waals surface area contributed by atoms with Gasteiger partial charge in [0.1, 0.15) is 7.05 Å². The summed E-state index contributed by atoms with van der Waals surface area (Å²) >= 11 is 0. The molecule has 2 aliphatic carbocycles. The zero-order valence-corrected chi connectivity index (χ0v) is 13.7. The quantitative estimate of drug-likeness (QED) is 0.462. The lowest BCUT2D eigenvalue weighted by Gasteiger charge is -2.27. The number of rotatable bonds is 2. The number of fused-ring (bicyclic) bond motifs is 3. The largest absolute Gasteiger partial charge is 0.427 e. The van der Waals surface area contributed by atoms with E-state index in [0.29, 0.717) is 22.6 Å². The molecule has 26 heavy (non-hydrogen) atoms. The first kappa shape index (κ1) is 15.9. The van der Waals surface area contributed by atoms with Crippen molar-refractivity contribution in [1.82, 2.24) is 0 Å². The molecule has 3 aliphatic rings. The van der Waals surface area contributed by atoms with Gasteiger partial charge in [0.05, 0.1) is 16.6 Å². The number of nitrogens with zero attached hydrogens (tertiary/aromatic N) is 3. The minimum absolute atomic E-state index is 0.362. The molecule has 0 bridgehead atoms. The van der Waals surface area contributed by atoms with Gasteiger partial charge in [0.2, 0.25) is 5.71 Å². The number of allylic oxidation sites excluding steroid dienone is 5. The van der Waals surface area contributed by atoms with E-state index in [1.54, 1.807) is 54.1 Å². The highest BCUT2D eigenvalue weighted by Crippen LogP contribution is 2.48. The van der Waals surface area contributed by atoms with E-state index < -0.39 is 21.6 Å². The molecule has 0 aromatic heterocycles. The van der Waals surface area contributed by atoms with Gasteiger partial charge in [0.25, 0.3) is 6.04 Å². The van der Waals surface area contributed by atoms with Crippen LogP contribution in [0.25, 0.3) is 0 Å². The van der Waals surface area contributed by atoms with Crippen molar-refractivity contribution in [3.05, 3.63) is 104 Å². The molecule has 2 atom stereocenters. The molecule has 0 radical (unpaired) electrons. The van der Waals surface area contributed by atoms with E-state index in [-0.39, 0.29) is 5.70 Å². The lowest BCUT2D eigenvalue weighted by atomic mass is 9.84. The standard InChI is InChI=1S/C18H14N3O5/c1-19-14-9-3-2-4-10-16(14)26-18(19)13-8-6-5-7-12(13)15(20(22)23)11-17(18)21(24)25/h2-11,15H,1H3/q+1. The van der Waals surface area contributed by atoms with Crippen LogP contribution in [0.2, 0.25) is 0 Å². The van der Waals surface area contributed by atoms with Crippen molar-refractivity contribution in [3.63, 3.8) is 0 Å². The normalized spacial score (nSPS) is 25.8. The topological polar surface area (TPSA) is 98.5 Å². The van der Waals surface area contributed by atoms with Gasteiger partial charge in [-0.25, -0.2) is 0 Å². The second kappa shape index (κ2) is 5.48. The van der Waals surface area contributed by atoms with Crippen molar-refractivity contribution in [2.24, 2.45) is 0 Å². The Morgan fingerprint density at radius 1 is 1.15 bits per heavy atom. The predicted octanol–water partition coefficient (Wildman–Crippen LogP) is 2.45. The summed E-state index contributed by atoms with van der Waals surface area (Å²) in [5, 5.41) is 23.4. The SMILES string of the molecule is C[N+]1=C2C=CC=CC=C2OC12C([N+](=O)[O-])=CC([N+](=O)[O-])c1ccccc12. The summed E-state index contributed by atoms with van der Waals surface area (Å²) in [5.74, 6) is 0.472. The minimum atomic E-state index is -1.55. The molecule has 0 saturated heterocycles. The van der Waals surface area contributed by atoms with Crippen LogP contribution in [0.3, 0.4) is 0 Å². The van der Waals surface area contributed by atoms with Crippen LogP contribution in [0.5, 0.6) is 0 Å². The van der Waals surface area contributed by atoms with E-state index in [1.165, 1.54) is 0 Å². The number of ether oxygens (including phenoxy) is 1. The molecular weight excluding hydrogens is 338 g/mol. The third kappa shape index (κ3) is 1.98. The fraction of sp³-hybridized carbons (Fsp3) is 0.167. The molecule has 1 aromatic rings. The molecule has 130 valence electrons.